The van der Waals surface area contributed by atoms with Crippen molar-refractivity contribution >= 4 is 23.5 Å². The van der Waals surface area contributed by atoms with E-state index in [2.05, 4.69) is 26.9 Å². The average molecular weight is 295 g/mol. The van der Waals surface area contributed by atoms with Crippen LogP contribution < -0.4 is 5.32 Å². The standard InChI is InChI=1S/C14H21N3O2S/c1-3-7-15-11-9-12(20-8-6-13(18)19-2)17-14(16-11)10-4-5-10/h9-10H,3-8H2,1-2H3,(H,15,16,17). The maximum Gasteiger partial charge on any atom is 0.306 e. The first kappa shape index (κ1) is 15.1. The maximum atomic E-state index is 11.1. The molecular formula is C14H21N3O2S. The summed E-state index contributed by atoms with van der Waals surface area (Å²) in [4.78, 5) is 20.3. The summed E-state index contributed by atoms with van der Waals surface area (Å²) in [6, 6.07) is 1.96. The molecule has 1 N–H and O–H groups in total. The summed E-state index contributed by atoms with van der Waals surface area (Å²) < 4.78 is 4.64. The second-order valence-electron chi connectivity index (χ2n) is 4.83. The van der Waals surface area contributed by atoms with Crippen molar-refractivity contribution in [3.05, 3.63) is 11.9 Å². The van der Waals surface area contributed by atoms with E-state index in [9.17, 15) is 4.79 Å². The molecule has 0 radical (unpaired) electrons. The largest absolute Gasteiger partial charge is 0.469 e. The van der Waals surface area contributed by atoms with Gasteiger partial charge in [0.25, 0.3) is 0 Å². The molecule has 6 heteroatoms. The number of nitrogens with one attached hydrogen (secondary N) is 1. The van der Waals surface area contributed by atoms with E-state index >= 15 is 0 Å². The predicted molar refractivity (Wildman–Crippen MR) is 80.1 cm³/mol. The lowest BCUT2D eigenvalue weighted by molar-refractivity contribution is -0.140. The summed E-state index contributed by atoms with van der Waals surface area (Å²) >= 11 is 1.58. The zero-order valence-electron chi connectivity index (χ0n) is 12.0. The Labute approximate surface area is 123 Å². The quantitative estimate of drug-likeness (QED) is 0.452. The molecule has 0 bridgehead atoms. The summed E-state index contributed by atoms with van der Waals surface area (Å²) in [6.07, 6.45) is 3.84. The number of carbonyl (C=O) groups excluding carboxylic acids is 1. The highest BCUT2D eigenvalue weighted by Crippen LogP contribution is 2.39. The number of hydrogen-bond donors (Lipinski definition) is 1. The first-order valence-electron chi connectivity index (χ1n) is 7.05. The molecule has 0 unspecified atom stereocenters. The molecule has 1 fully saturated rings. The van der Waals surface area contributed by atoms with Gasteiger partial charge < -0.3 is 10.1 Å². The SMILES string of the molecule is CCCNc1cc(SCCC(=O)OC)nc(C2CC2)n1. The van der Waals surface area contributed by atoms with Gasteiger partial charge >= 0.3 is 5.97 Å². The number of carbonyl (C=O) groups is 1. The average Bonchev–Trinajstić information content (AvgIpc) is 3.29. The molecule has 0 atom stereocenters. The van der Waals surface area contributed by atoms with Crippen LogP contribution >= 0.6 is 11.8 Å². The summed E-state index contributed by atoms with van der Waals surface area (Å²) in [5, 5.41) is 4.25. The van der Waals surface area contributed by atoms with Crippen molar-refractivity contribution < 1.29 is 9.53 Å². The lowest BCUT2D eigenvalue weighted by Crippen LogP contribution is -2.06. The van der Waals surface area contributed by atoms with Crippen LogP contribution in [0.1, 0.15) is 44.3 Å². The Morgan fingerprint density at radius 1 is 1.50 bits per heavy atom. The van der Waals surface area contributed by atoms with Gasteiger partial charge in [-0.25, -0.2) is 9.97 Å². The fourth-order valence-corrected chi connectivity index (χ4v) is 2.56. The normalized spacial score (nSPS) is 14.1. The molecule has 1 heterocycles. The summed E-state index contributed by atoms with van der Waals surface area (Å²) in [7, 11) is 1.41. The van der Waals surface area contributed by atoms with Crippen molar-refractivity contribution in [1.29, 1.82) is 0 Å². The molecule has 0 saturated heterocycles. The first-order chi connectivity index (χ1) is 9.72. The highest BCUT2D eigenvalue weighted by atomic mass is 32.2. The lowest BCUT2D eigenvalue weighted by Gasteiger charge is -2.08. The number of anilines is 1. The molecule has 0 aromatic carbocycles. The summed E-state index contributed by atoms with van der Waals surface area (Å²) in [5.74, 6) is 2.86. The van der Waals surface area contributed by atoms with Gasteiger partial charge in [-0.05, 0) is 19.3 Å². The molecule has 1 aromatic rings. The minimum absolute atomic E-state index is 0.182. The number of aromatic nitrogens is 2. The molecule has 1 aromatic heterocycles. The first-order valence-corrected chi connectivity index (χ1v) is 8.04. The van der Waals surface area contributed by atoms with Crippen LogP contribution in [0.3, 0.4) is 0 Å². The molecule has 0 amide bonds. The number of ether oxygens (including phenoxy) is 1. The molecule has 1 saturated carbocycles. The van der Waals surface area contributed by atoms with E-state index in [1.807, 2.05) is 6.07 Å². The maximum absolute atomic E-state index is 11.1. The minimum Gasteiger partial charge on any atom is -0.469 e. The number of nitrogens with zero attached hydrogens (tertiary/aromatic N) is 2. The molecule has 20 heavy (non-hydrogen) atoms. The Kier molecular flexibility index (Phi) is 5.64. The van der Waals surface area contributed by atoms with Gasteiger partial charge in [-0.1, -0.05) is 6.92 Å². The Morgan fingerprint density at radius 3 is 2.95 bits per heavy atom. The van der Waals surface area contributed by atoms with E-state index in [0.717, 1.165) is 29.6 Å². The molecule has 110 valence electrons. The molecule has 0 spiro atoms. The molecule has 0 aliphatic heterocycles. The van der Waals surface area contributed by atoms with Crippen molar-refractivity contribution in [1.82, 2.24) is 9.97 Å². The van der Waals surface area contributed by atoms with E-state index < -0.39 is 0 Å². The van der Waals surface area contributed by atoms with Crippen LogP contribution in [0, 0.1) is 0 Å². The summed E-state index contributed by atoms with van der Waals surface area (Å²) in [5.41, 5.74) is 0. The van der Waals surface area contributed by atoms with Crippen LogP contribution in [0.15, 0.2) is 11.1 Å². The van der Waals surface area contributed by atoms with Crippen LogP contribution in [0.2, 0.25) is 0 Å². The van der Waals surface area contributed by atoms with Crippen LogP contribution in [0.4, 0.5) is 5.82 Å². The topological polar surface area (TPSA) is 64.1 Å². The molecular weight excluding hydrogens is 274 g/mol. The van der Waals surface area contributed by atoms with Crippen LogP contribution in [0.5, 0.6) is 0 Å². The predicted octanol–water partition coefficient (Wildman–Crippen LogP) is 2.83. The fourth-order valence-electron chi connectivity index (χ4n) is 1.73. The minimum atomic E-state index is -0.182. The van der Waals surface area contributed by atoms with Gasteiger partial charge in [-0.15, -0.1) is 11.8 Å². The van der Waals surface area contributed by atoms with Crippen LogP contribution in [0.25, 0.3) is 0 Å². The number of thioether (sulfide) groups is 1. The van der Waals surface area contributed by atoms with Crippen molar-refractivity contribution in [2.24, 2.45) is 0 Å². The van der Waals surface area contributed by atoms with Crippen molar-refractivity contribution in [2.75, 3.05) is 24.7 Å². The zero-order chi connectivity index (χ0) is 14.4. The van der Waals surface area contributed by atoms with Crippen molar-refractivity contribution in [2.45, 2.75) is 43.6 Å². The molecule has 5 nitrogen and oxygen atoms in total. The summed E-state index contributed by atoms with van der Waals surface area (Å²) in [6.45, 7) is 3.04. The van der Waals surface area contributed by atoms with Crippen molar-refractivity contribution in [3.8, 4) is 0 Å². The number of rotatable bonds is 8. The molecule has 2 rings (SSSR count). The third-order valence-corrected chi connectivity index (χ3v) is 3.92. The second-order valence-corrected chi connectivity index (χ2v) is 5.94. The smallest absolute Gasteiger partial charge is 0.306 e. The van der Waals surface area contributed by atoms with E-state index in [1.165, 1.54) is 20.0 Å². The number of esters is 1. The van der Waals surface area contributed by atoms with Gasteiger partial charge in [0.2, 0.25) is 0 Å². The van der Waals surface area contributed by atoms with E-state index in [-0.39, 0.29) is 5.97 Å². The van der Waals surface area contributed by atoms with Gasteiger partial charge in [0.1, 0.15) is 16.7 Å². The Bertz CT molecular complexity index is 464. The van der Waals surface area contributed by atoms with E-state index in [4.69, 9.17) is 0 Å². The Hall–Kier alpha value is -1.30. The van der Waals surface area contributed by atoms with Gasteiger partial charge in [-0.3, -0.25) is 4.79 Å². The fraction of sp³-hybridized carbons (Fsp3) is 0.643. The van der Waals surface area contributed by atoms with Crippen LogP contribution in [-0.2, 0) is 9.53 Å². The Balaban J connectivity index is 1.98. The van der Waals surface area contributed by atoms with E-state index in [0.29, 0.717) is 18.1 Å². The highest BCUT2D eigenvalue weighted by Gasteiger charge is 2.27. The molecule has 1 aliphatic rings. The monoisotopic (exact) mass is 295 g/mol. The lowest BCUT2D eigenvalue weighted by atomic mass is 10.4. The third-order valence-electron chi connectivity index (χ3n) is 3.00. The second kappa shape index (κ2) is 7.47. The molecule has 1 aliphatic carbocycles. The highest BCUT2D eigenvalue weighted by molar-refractivity contribution is 7.99. The van der Waals surface area contributed by atoms with Gasteiger partial charge in [0.15, 0.2) is 0 Å². The van der Waals surface area contributed by atoms with Gasteiger partial charge in [0, 0.05) is 24.3 Å². The Morgan fingerprint density at radius 2 is 2.30 bits per heavy atom. The number of hydrogen-bond acceptors (Lipinski definition) is 6. The van der Waals surface area contributed by atoms with E-state index in [1.54, 1.807) is 11.8 Å². The van der Waals surface area contributed by atoms with Crippen molar-refractivity contribution in [3.63, 3.8) is 0 Å². The van der Waals surface area contributed by atoms with Gasteiger partial charge in [-0.2, -0.15) is 0 Å². The third kappa shape index (κ3) is 4.67. The van der Waals surface area contributed by atoms with Gasteiger partial charge in [0.05, 0.1) is 13.5 Å². The number of methoxy groups -OCH3 is 1. The van der Waals surface area contributed by atoms with Crippen LogP contribution in [-0.4, -0.2) is 35.3 Å². The zero-order valence-corrected chi connectivity index (χ0v) is 12.8.